The fourth-order valence-electron chi connectivity index (χ4n) is 6.71. The lowest BCUT2D eigenvalue weighted by molar-refractivity contribution is 1.20. The van der Waals surface area contributed by atoms with E-state index in [9.17, 15) is 0 Å². The summed E-state index contributed by atoms with van der Waals surface area (Å²) in [6, 6.07) is 46.7. The van der Waals surface area contributed by atoms with Crippen LogP contribution in [0.3, 0.4) is 0 Å². The lowest BCUT2D eigenvalue weighted by Crippen LogP contribution is -1.95. The molecular formula is C37H24N2S. The van der Waals surface area contributed by atoms with Crippen molar-refractivity contribution in [3.63, 3.8) is 0 Å². The molecular weight excluding hydrogens is 504 g/mol. The average molecular weight is 529 g/mol. The van der Waals surface area contributed by atoms with Gasteiger partial charge in [-0.2, -0.15) is 0 Å². The highest BCUT2D eigenvalue weighted by molar-refractivity contribution is 7.26. The number of aryl methyl sites for hydroxylation is 1. The maximum atomic E-state index is 2.46. The van der Waals surface area contributed by atoms with E-state index in [4.69, 9.17) is 0 Å². The fraction of sp³-hybridized carbons (Fsp3) is 0.0270. The first-order valence-corrected chi connectivity index (χ1v) is 14.5. The summed E-state index contributed by atoms with van der Waals surface area (Å²) in [4.78, 5) is 0. The second-order valence-electron chi connectivity index (χ2n) is 10.6. The van der Waals surface area contributed by atoms with Gasteiger partial charge in [0.25, 0.3) is 0 Å². The van der Waals surface area contributed by atoms with Gasteiger partial charge < -0.3 is 9.13 Å². The van der Waals surface area contributed by atoms with Crippen LogP contribution in [0.4, 0.5) is 0 Å². The van der Waals surface area contributed by atoms with Gasteiger partial charge in [0.1, 0.15) is 0 Å². The van der Waals surface area contributed by atoms with Gasteiger partial charge in [0.05, 0.1) is 38.1 Å². The molecule has 0 N–H and O–H groups in total. The summed E-state index contributed by atoms with van der Waals surface area (Å²) >= 11 is 1.89. The van der Waals surface area contributed by atoms with E-state index in [1.54, 1.807) is 0 Å². The van der Waals surface area contributed by atoms with Crippen molar-refractivity contribution in [1.29, 1.82) is 0 Å². The summed E-state index contributed by atoms with van der Waals surface area (Å²) in [6.07, 6.45) is 0. The normalized spacial score (nSPS) is 12.1. The Morgan fingerprint density at radius 1 is 0.450 bits per heavy atom. The molecule has 0 saturated carbocycles. The van der Waals surface area contributed by atoms with Crippen LogP contribution in [0.2, 0.25) is 0 Å². The topological polar surface area (TPSA) is 9.86 Å². The number of aromatic nitrogens is 2. The molecule has 6 aromatic carbocycles. The first kappa shape index (κ1) is 22.0. The Morgan fingerprint density at radius 2 is 0.975 bits per heavy atom. The van der Waals surface area contributed by atoms with Gasteiger partial charge in [-0.15, -0.1) is 11.3 Å². The van der Waals surface area contributed by atoms with Crippen LogP contribution < -0.4 is 0 Å². The zero-order valence-corrected chi connectivity index (χ0v) is 22.7. The van der Waals surface area contributed by atoms with Crippen molar-refractivity contribution in [2.24, 2.45) is 0 Å². The van der Waals surface area contributed by atoms with Gasteiger partial charge in [0.15, 0.2) is 0 Å². The van der Waals surface area contributed by atoms with Gasteiger partial charge in [-0.1, -0.05) is 84.4 Å². The van der Waals surface area contributed by atoms with Crippen LogP contribution in [0.15, 0.2) is 127 Å². The van der Waals surface area contributed by atoms with Crippen molar-refractivity contribution < 1.29 is 0 Å². The number of thiophene rings is 1. The second kappa shape index (κ2) is 8.08. The SMILES string of the molecule is Cc1ccc2c(c1)c1ccccc1n2-c1cccc2c1sc1cccc(-n3c4ccccc4c4ccccc43)c12. The first-order chi connectivity index (χ1) is 19.8. The van der Waals surface area contributed by atoms with Crippen molar-refractivity contribution in [2.45, 2.75) is 6.92 Å². The number of benzene rings is 6. The zero-order valence-electron chi connectivity index (χ0n) is 21.9. The third kappa shape index (κ3) is 2.87. The number of hydrogen-bond acceptors (Lipinski definition) is 1. The van der Waals surface area contributed by atoms with Crippen molar-refractivity contribution in [1.82, 2.24) is 9.13 Å². The minimum Gasteiger partial charge on any atom is -0.309 e. The van der Waals surface area contributed by atoms with Crippen molar-refractivity contribution in [3.05, 3.63) is 133 Å². The Labute approximate surface area is 234 Å². The molecule has 9 rings (SSSR count). The number of rotatable bonds is 2. The molecule has 40 heavy (non-hydrogen) atoms. The smallest absolute Gasteiger partial charge is 0.0640 e. The molecule has 9 aromatic rings. The molecule has 0 atom stereocenters. The van der Waals surface area contributed by atoms with E-state index >= 15 is 0 Å². The second-order valence-corrected chi connectivity index (χ2v) is 11.7. The molecule has 0 unspecified atom stereocenters. The predicted molar refractivity (Wildman–Crippen MR) is 173 cm³/mol. The average Bonchev–Trinajstić information content (AvgIpc) is 3.65. The highest BCUT2D eigenvalue weighted by Gasteiger charge is 2.19. The summed E-state index contributed by atoms with van der Waals surface area (Å²) in [5.74, 6) is 0. The summed E-state index contributed by atoms with van der Waals surface area (Å²) in [5, 5.41) is 7.79. The van der Waals surface area contributed by atoms with Crippen molar-refractivity contribution in [3.8, 4) is 11.4 Å². The van der Waals surface area contributed by atoms with Crippen molar-refractivity contribution >= 4 is 75.1 Å². The van der Waals surface area contributed by atoms with E-state index in [1.165, 1.54) is 80.7 Å². The molecule has 0 aliphatic carbocycles. The third-order valence-electron chi connectivity index (χ3n) is 8.37. The lowest BCUT2D eigenvalue weighted by atomic mass is 10.1. The minimum absolute atomic E-state index is 1.23. The van der Waals surface area contributed by atoms with E-state index in [1.807, 2.05) is 11.3 Å². The van der Waals surface area contributed by atoms with Crippen LogP contribution in [-0.4, -0.2) is 9.13 Å². The number of para-hydroxylation sites is 3. The molecule has 0 amide bonds. The highest BCUT2D eigenvalue weighted by atomic mass is 32.1. The van der Waals surface area contributed by atoms with Gasteiger partial charge in [-0.3, -0.25) is 0 Å². The monoisotopic (exact) mass is 528 g/mol. The maximum absolute atomic E-state index is 2.46. The standard InChI is InChI=1S/C37H24N2S/c1-23-20-21-32-28(22-23)26-12-4-7-16-31(26)39(32)34-18-8-13-27-36-33(17-9-19-35(36)40-37(27)34)38-29-14-5-2-10-24(29)25-11-3-6-15-30(25)38/h2-22H,1H3. The Hall–Kier alpha value is -4.86. The molecule has 0 radical (unpaired) electrons. The number of hydrogen-bond donors (Lipinski definition) is 0. The molecule has 3 heteroatoms. The van der Waals surface area contributed by atoms with E-state index in [0.717, 1.165) is 0 Å². The Morgan fingerprint density at radius 3 is 1.68 bits per heavy atom. The quantitative estimate of drug-likeness (QED) is 0.211. The maximum Gasteiger partial charge on any atom is 0.0640 e. The van der Waals surface area contributed by atoms with E-state index in [2.05, 4.69) is 143 Å². The Balaban J connectivity index is 1.41. The molecule has 0 aliphatic rings. The van der Waals surface area contributed by atoms with E-state index in [0.29, 0.717) is 0 Å². The van der Waals surface area contributed by atoms with Gasteiger partial charge in [-0.05, 0) is 55.5 Å². The zero-order chi connectivity index (χ0) is 26.4. The lowest BCUT2D eigenvalue weighted by Gasteiger charge is -2.11. The molecule has 188 valence electrons. The predicted octanol–water partition coefficient (Wildman–Crippen LogP) is 10.6. The highest BCUT2D eigenvalue weighted by Crippen LogP contribution is 2.44. The largest absolute Gasteiger partial charge is 0.309 e. The first-order valence-electron chi connectivity index (χ1n) is 13.7. The third-order valence-corrected chi connectivity index (χ3v) is 9.56. The van der Waals surface area contributed by atoms with E-state index < -0.39 is 0 Å². The number of nitrogens with zero attached hydrogens (tertiary/aromatic N) is 2. The summed E-state index contributed by atoms with van der Waals surface area (Å²) in [7, 11) is 0. The molecule has 0 fully saturated rings. The van der Waals surface area contributed by atoms with Crippen LogP contribution in [0.5, 0.6) is 0 Å². The van der Waals surface area contributed by atoms with Gasteiger partial charge >= 0.3 is 0 Å². The van der Waals surface area contributed by atoms with Crippen LogP contribution in [0, 0.1) is 6.92 Å². The molecule has 2 nitrogen and oxygen atoms in total. The number of fused-ring (bicyclic) bond motifs is 9. The Bertz CT molecular complexity index is 2400. The summed E-state index contributed by atoms with van der Waals surface area (Å²) < 4.78 is 7.53. The molecule has 0 spiro atoms. The Kier molecular flexibility index (Phi) is 4.44. The van der Waals surface area contributed by atoms with Crippen LogP contribution >= 0.6 is 11.3 Å². The van der Waals surface area contributed by atoms with Crippen LogP contribution in [0.1, 0.15) is 5.56 Å². The summed E-state index contributed by atoms with van der Waals surface area (Å²) in [5.41, 5.74) is 8.73. The van der Waals surface area contributed by atoms with Crippen LogP contribution in [0.25, 0.3) is 75.2 Å². The fourth-order valence-corrected chi connectivity index (χ4v) is 7.93. The summed E-state index contributed by atoms with van der Waals surface area (Å²) in [6.45, 7) is 2.18. The van der Waals surface area contributed by atoms with Gasteiger partial charge in [0.2, 0.25) is 0 Å². The van der Waals surface area contributed by atoms with E-state index in [-0.39, 0.29) is 0 Å². The minimum atomic E-state index is 1.23. The molecule has 0 bridgehead atoms. The van der Waals surface area contributed by atoms with Gasteiger partial charge in [-0.25, -0.2) is 0 Å². The van der Waals surface area contributed by atoms with Crippen molar-refractivity contribution in [2.75, 3.05) is 0 Å². The molecule has 0 aliphatic heterocycles. The molecule has 3 heterocycles. The van der Waals surface area contributed by atoms with Gasteiger partial charge in [0, 0.05) is 37.0 Å². The molecule has 0 saturated heterocycles. The van der Waals surface area contributed by atoms with Crippen LogP contribution in [-0.2, 0) is 0 Å². The molecule has 3 aromatic heterocycles.